The third-order valence-corrected chi connectivity index (χ3v) is 5.08. The molecule has 1 aromatic rings. The maximum atomic E-state index is 12.6. The normalized spacial score (nSPS) is 15.0. The molecule has 138 valence electrons. The Hall–Kier alpha value is -2.04. The minimum atomic E-state index is -1.10. The summed E-state index contributed by atoms with van der Waals surface area (Å²) in [6.45, 7) is 9.47. The van der Waals surface area contributed by atoms with Gasteiger partial charge in [0.2, 0.25) is 11.8 Å². The Morgan fingerprint density at radius 3 is 2.12 bits per heavy atom. The Bertz CT molecular complexity index is 585. The van der Waals surface area contributed by atoms with Crippen LogP contribution < -0.4 is 15.5 Å². The Balaban J connectivity index is 1.98. The molecule has 0 aromatic heterocycles. The van der Waals surface area contributed by atoms with Gasteiger partial charge in [-0.2, -0.15) is 0 Å². The predicted molar refractivity (Wildman–Crippen MR) is 103 cm³/mol. The van der Waals surface area contributed by atoms with Crippen LogP contribution in [0.4, 0.5) is 11.4 Å². The average Bonchev–Trinajstić information content (AvgIpc) is 3.10. The molecule has 0 bridgehead atoms. The number of nitrogens with one attached hydrogen (secondary N) is 2. The molecule has 0 spiro atoms. The average molecular weight is 345 g/mol. The lowest BCUT2D eigenvalue weighted by molar-refractivity contribution is -0.138. The van der Waals surface area contributed by atoms with E-state index < -0.39 is 5.41 Å². The molecule has 25 heavy (non-hydrogen) atoms. The molecular weight excluding hydrogens is 314 g/mol. The van der Waals surface area contributed by atoms with E-state index in [1.165, 1.54) is 0 Å². The molecule has 0 atom stereocenters. The minimum absolute atomic E-state index is 0.198. The van der Waals surface area contributed by atoms with Crippen LogP contribution in [0, 0.1) is 5.41 Å². The second kappa shape index (κ2) is 8.37. The van der Waals surface area contributed by atoms with E-state index in [4.69, 9.17) is 0 Å². The highest BCUT2D eigenvalue weighted by molar-refractivity contribution is 6.09. The maximum absolute atomic E-state index is 12.6. The number of amides is 2. The number of nitrogens with zero attached hydrogens (tertiary/aromatic N) is 1. The molecule has 2 N–H and O–H groups in total. The maximum Gasteiger partial charge on any atom is 0.239 e. The molecule has 0 heterocycles. The fraction of sp³-hybridized carbons (Fsp3) is 0.600. The van der Waals surface area contributed by atoms with Crippen LogP contribution in [0.1, 0.15) is 53.4 Å². The first-order valence-electron chi connectivity index (χ1n) is 9.36. The van der Waals surface area contributed by atoms with E-state index in [1.807, 2.05) is 24.3 Å². The van der Waals surface area contributed by atoms with Crippen molar-refractivity contribution in [2.24, 2.45) is 5.41 Å². The van der Waals surface area contributed by atoms with E-state index in [0.29, 0.717) is 5.69 Å². The Kier molecular flexibility index (Phi) is 6.45. The summed E-state index contributed by atoms with van der Waals surface area (Å²) in [4.78, 5) is 27.3. The van der Waals surface area contributed by atoms with Gasteiger partial charge in [0.15, 0.2) is 0 Å². The van der Waals surface area contributed by atoms with Gasteiger partial charge < -0.3 is 15.5 Å². The fourth-order valence-corrected chi connectivity index (χ4v) is 3.17. The summed E-state index contributed by atoms with van der Waals surface area (Å²) in [6.07, 6.45) is 4.32. The van der Waals surface area contributed by atoms with Gasteiger partial charge in [-0.1, -0.05) is 12.8 Å². The zero-order valence-corrected chi connectivity index (χ0v) is 15.9. The van der Waals surface area contributed by atoms with Gasteiger partial charge in [-0.3, -0.25) is 9.59 Å². The molecule has 5 heteroatoms. The lowest BCUT2D eigenvalue weighted by Crippen LogP contribution is -2.47. The summed E-state index contributed by atoms with van der Waals surface area (Å²) < 4.78 is 0. The lowest BCUT2D eigenvalue weighted by atomic mass is 9.90. The van der Waals surface area contributed by atoms with Crippen molar-refractivity contribution in [2.45, 2.75) is 59.4 Å². The molecule has 2 amide bonds. The molecule has 0 unspecified atom stereocenters. The third kappa shape index (κ3) is 4.74. The van der Waals surface area contributed by atoms with Crippen molar-refractivity contribution < 1.29 is 9.59 Å². The third-order valence-electron chi connectivity index (χ3n) is 5.08. The first kappa shape index (κ1) is 19.3. The number of hydrogen-bond acceptors (Lipinski definition) is 3. The number of hydrogen-bond donors (Lipinski definition) is 2. The van der Waals surface area contributed by atoms with Crippen LogP contribution in [0.15, 0.2) is 24.3 Å². The van der Waals surface area contributed by atoms with E-state index in [9.17, 15) is 9.59 Å². The van der Waals surface area contributed by atoms with Crippen molar-refractivity contribution in [3.63, 3.8) is 0 Å². The smallest absolute Gasteiger partial charge is 0.239 e. The molecule has 1 aliphatic rings. The summed E-state index contributed by atoms with van der Waals surface area (Å²) in [5.41, 5.74) is 0.740. The summed E-state index contributed by atoms with van der Waals surface area (Å²) in [7, 11) is 0. The van der Waals surface area contributed by atoms with Crippen LogP contribution in [0.25, 0.3) is 0 Å². The largest absolute Gasteiger partial charge is 0.372 e. The van der Waals surface area contributed by atoms with E-state index in [2.05, 4.69) is 29.4 Å². The van der Waals surface area contributed by atoms with Gasteiger partial charge in [0.25, 0.3) is 0 Å². The molecule has 1 aromatic carbocycles. The molecule has 1 aliphatic carbocycles. The molecule has 2 rings (SSSR count). The van der Waals surface area contributed by atoms with Crippen molar-refractivity contribution in [3.8, 4) is 0 Å². The molecule has 5 nitrogen and oxygen atoms in total. The predicted octanol–water partition coefficient (Wildman–Crippen LogP) is 3.56. The van der Waals surface area contributed by atoms with Crippen molar-refractivity contribution in [1.29, 1.82) is 0 Å². The molecular formula is C20H31N3O2. The van der Waals surface area contributed by atoms with Crippen LogP contribution >= 0.6 is 0 Å². The second-order valence-electron chi connectivity index (χ2n) is 7.25. The minimum Gasteiger partial charge on any atom is -0.372 e. The highest BCUT2D eigenvalue weighted by atomic mass is 16.2. The molecule has 0 radical (unpaired) electrons. The quantitative estimate of drug-likeness (QED) is 0.743. The van der Waals surface area contributed by atoms with E-state index in [0.717, 1.165) is 44.5 Å². The van der Waals surface area contributed by atoms with Crippen LogP contribution in [-0.2, 0) is 9.59 Å². The Morgan fingerprint density at radius 1 is 1.04 bits per heavy atom. The number of carbonyl (C=O) groups excluding carboxylic acids is 2. The zero-order valence-electron chi connectivity index (χ0n) is 15.9. The van der Waals surface area contributed by atoms with Gasteiger partial charge in [-0.25, -0.2) is 0 Å². The molecule has 0 aliphatic heterocycles. The second-order valence-corrected chi connectivity index (χ2v) is 7.25. The summed E-state index contributed by atoms with van der Waals surface area (Å²) in [5.74, 6) is -0.477. The number of benzene rings is 1. The van der Waals surface area contributed by atoms with Crippen molar-refractivity contribution in [3.05, 3.63) is 24.3 Å². The number of rotatable bonds is 7. The van der Waals surface area contributed by atoms with E-state index >= 15 is 0 Å². The van der Waals surface area contributed by atoms with E-state index in [1.54, 1.807) is 13.8 Å². The summed E-state index contributed by atoms with van der Waals surface area (Å²) in [5, 5.41) is 5.89. The lowest BCUT2D eigenvalue weighted by Gasteiger charge is -2.25. The zero-order chi connectivity index (χ0) is 18.4. The van der Waals surface area contributed by atoms with Crippen LogP contribution in [0.5, 0.6) is 0 Å². The van der Waals surface area contributed by atoms with E-state index in [-0.39, 0.29) is 17.9 Å². The van der Waals surface area contributed by atoms with Gasteiger partial charge in [0.05, 0.1) is 0 Å². The van der Waals surface area contributed by atoms with Crippen LogP contribution in [0.2, 0.25) is 0 Å². The summed E-state index contributed by atoms with van der Waals surface area (Å²) >= 11 is 0. The highest BCUT2D eigenvalue weighted by Gasteiger charge is 2.37. The fourth-order valence-electron chi connectivity index (χ4n) is 3.17. The topological polar surface area (TPSA) is 61.4 Å². The summed E-state index contributed by atoms with van der Waals surface area (Å²) in [6, 6.07) is 7.98. The van der Waals surface area contributed by atoms with Crippen molar-refractivity contribution in [1.82, 2.24) is 5.32 Å². The van der Waals surface area contributed by atoms with Gasteiger partial charge in [0.1, 0.15) is 5.41 Å². The van der Waals surface area contributed by atoms with Gasteiger partial charge in [0, 0.05) is 30.5 Å². The van der Waals surface area contributed by atoms with Gasteiger partial charge in [-0.05, 0) is 64.8 Å². The van der Waals surface area contributed by atoms with Crippen molar-refractivity contribution >= 4 is 23.2 Å². The SMILES string of the molecule is CCN(CC)c1ccc(NC(=O)C(C)(C)C(=O)NC2CCCC2)cc1. The number of anilines is 2. The number of carbonyl (C=O) groups is 2. The Morgan fingerprint density at radius 2 is 1.60 bits per heavy atom. The van der Waals surface area contributed by atoms with Crippen molar-refractivity contribution in [2.75, 3.05) is 23.3 Å². The molecule has 0 saturated heterocycles. The van der Waals surface area contributed by atoms with Crippen LogP contribution in [0.3, 0.4) is 0 Å². The Labute approximate surface area is 151 Å². The first-order chi connectivity index (χ1) is 11.9. The van der Waals surface area contributed by atoms with Gasteiger partial charge in [-0.15, -0.1) is 0 Å². The standard InChI is InChI=1S/C20H31N3O2/c1-5-23(6-2)17-13-11-16(12-14-17)22-19(25)20(3,4)18(24)21-15-9-7-8-10-15/h11-15H,5-10H2,1-4H3,(H,21,24)(H,22,25). The van der Waals surface area contributed by atoms with Crippen LogP contribution in [-0.4, -0.2) is 30.9 Å². The van der Waals surface area contributed by atoms with Gasteiger partial charge >= 0.3 is 0 Å². The first-order valence-corrected chi connectivity index (χ1v) is 9.36. The monoisotopic (exact) mass is 345 g/mol. The molecule has 1 fully saturated rings. The highest BCUT2D eigenvalue weighted by Crippen LogP contribution is 2.24. The molecule has 1 saturated carbocycles.